The molecule has 118 valence electrons. The molecule has 0 saturated heterocycles. The molecule has 0 radical (unpaired) electrons. The zero-order chi connectivity index (χ0) is 15.5. The average Bonchev–Trinajstić information content (AvgIpc) is 2.33. The molecule has 5 heteroatoms. The molecular weight excluding hydrogens is 256 g/mol. The second-order valence-corrected chi connectivity index (χ2v) is 5.82. The van der Waals surface area contributed by atoms with Crippen LogP contribution < -0.4 is 10.6 Å². The van der Waals surface area contributed by atoms with Gasteiger partial charge in [0, 0.05) is 12.1 Å². The molecule has 0 rings (SSSR count). The Hall–Kier alpha value is -1.26. The van der Waals surface area contributed by atoms with E-state index in [1.165, 1.54) is 19.3 Å². The van der Waals surface area contributed by atoms with E-state index in [4.69, 9.17) is 5.11 Å². The lowest BCUT2D eigenvalue weighted by molar-refractivity contribution is -0.137. The first-order valence-electron chi connectivity index (χ1n) is 7.65. The van der Waals surface area contributed by atoms with E-state index < -0.39 is 5.97 Å². The van der Waals surface area contributed by atoms with E-state index in [1.54, 1.807) is 0 Å². The van der Waals surface area contributed by atoms with Gasteiger partial charge in [-0.05, 0) is 19.3 Å². The minimum absolute atomic E-state index is 0.0457. The van der Waals surface area contributed by atoms with Crippen molar-refractivity contribution in [3.63, 3.8) is 0 Å². The molecule has 2 amide bonds. The third-order valence-electron chi connectivity index (χ3n) is 3.38. The summed E-state index contributed by atoms with van der Waals surface area (Å²) in [6, 6.07) is -0.489. The van der Waals surface area contributed by atoms with Crippen molar-refractivity contribution in [3.05, 3.63) is 0 Å². The summed E-state index contributed by atoms with van der Waals surface area (Å²) >= 11 is 0. The fraction of sp³-hybridized carbons (Fsp3) is 0.867. The van der Waals surface area contributed by atoms with Gasteiger partial charge in [0.15, 0.2) is 0 Å². The summed E-state index contributed by atoms with van der Waals surface area (Å²) < 4.78 is 0. The number of urea groups is 1. The highest BCUT2D eigenvalue weighted by Crippen LogP contribution is 2.07. The molecule has 3 N–H and O–H groups in total. The molecular formula is C15H30N2O3. The van der Waals surface area contributed by atoms with Gasteiger partial charge in [-0.3, -0.25) is 4.79 Å². The molecule has 0 bridgehead atoms. The molecule has 2 atom stereocenters. The normalized spacial score (nSPS) is 13.8. The molecule has 0 aliphatic carbocycles. The van der Waals surface area contributed by atoms with Gasteiger partial charge in [0.25, 0.3) is 0 Å². The molecule has 0 heterocycles. The van der Waals surface area contributed by atoms with Gasteiger partial charge in [-0.15, -0.1) is 0 Å². The van der Waals surface area contributed by atoms with Crippen LogP contribution in [-0.4, -0.2) is 29.2 Å². The van der Waals surface area contributed by atoms with E-state index in [9.17, 15) is 9.59 Å². The molecule has 0 aromatic heterocycles. The maximum absolute atomic E-state index is 11.8. The van der Waals surface area contributed by atoms with Gasteiger partial charge in [0.1, 0.15) is 0 Å². The van der Waals surface area contributed by atoms with Gasteiger partial charge in [0.2, 0.25) is 0 Å². The van der Waals surface area contributed by atoms with Gasteiger partial charge >= 0.3 is 12.0 Å². The molecule has 0 spiro atoms. The third kappa shape index (κ3) is 9.64. The number of carbonyl (C=O) groups excluding carboxylic acids is 1. The lowest BCUT2D eigenvalue weighted by Crippen LogP contribution is -2.47. The highest BCUT2D eigenvalue weighted by molar-refractivity contribution is 5.76. The minimum Gasteiger partial charge on any atom is -0.481 e. The summed E-state index contributed by atoms with van der Waals surface area (Å²) in [5.41, 5.74) is 0. The largest absolute Gasteiger partial charge is 0.481 e. The Morgan fingerprint density at radius 3 is 2.20 bits per heavy atom. The fourth-order valence-electron chi connectivity index (χ4n) is 2.02. The van der Waals surface area contributed by atoms with Crippen molar-refractivity contribution < 1.29 is 14.7 Å². The molecule has 0 aromatic carbocycles. The topological polar surface area (TPSA) is 78.4 Å². The number of aliphatic carboxylic acids is 1. The second kappa shape index (κ2) is 10.5. The van der Waals surface area contributed by atoms with Crippen LogP contribution in [0.25, 0.3) is 0 Å². The number of nitrogens with one attached hydrogen (secondary N) is 2. The van der Waals surface area contributed by atoms with Crippen LogP contribution in [0.4, 0.5) is 4.79 Å². The Bertz CT molecular complexity index is 293. The van der Waals surface area contributed by atoms with Crippen LogP contribution in [0, 0.1) is 5.92 Å². The number of unbranched alkanes of at least 4 members (excludes halogenated alkanes) is 3. The molecule has 0 aliphatic heterocycles. The molecule has 0 saturated carbocycles. The van der Waals surface area contributed by atoms with Crippen LogP contribution in [0.1, 0.15) is 66.2 Å². The van der Waals surface area contributed by atoms with Gasteiger partial charge in [-0.1, -0.05) is 46.5 Å². The maximum atomic E-state index is 11.8. The monoisotopic (exact) mass is 286 g/mol. The lowest BCUT2D eigenvalue weighted by Gasteiger charge is -2.22. The van der Waals surface area contributed by atoms with Crippen molar-refractivity contribution >= 4 is 12.0 Å². The summed E-state index contributed by atoms with van der Waals surface area (Å²) in [7, 11) is 0. The van der Waals surface area contributed by atoms with Crippen LogP contribution >= 0.6 is 0 Å². The quantitative estimate of drug-likeness (QED) is 0.540. The highest BCUT2D eigenvalue weighted by Gasteiger charge is 2.19. The zero-order valence-corrected chi connectivity index (χ0v) is 13.2. The summed E-state index contributed by atoms with van der Waals surface area (Å²) in [4.78, 5) is 22.6. The molecule has 0 fully saturated rings. The minimum atomic E-state index is -0.892. The summed E-state index contributed by atoms with van der Waals surface area (Å²) in [5, 5.41) is 14.4. The fourth-order valence-corrected chi connectivity index (χ4v) is 2.02. The van der Waals surface area contributed by atoms with Gasteiger partial charge in [-0.2, -0.15) is 0 Å². The van der Waals surface area contributed by atoms with Crippen LogP contribution in [0.2, 0.25) is 0 Å². The standard InChI is InChI=1S/C15H30N2O3/c1-5-6-7-8-9-12(4)16-15(20)17-13(11(2)3)10-14(18)19/h11-13H,5-10H2,1-4H3,(H,18,19)(H2,16,17,20). The number of carbonyl (C=O) groups is 2. The Morgan fingerprint density at radius 1 is 1.05 bits per heavy atom. The Morgan fingerprint density at radius 2 is 1.70 bits per heavy atom. The first-order valence-corrected chi connectivity index (χ1v) is 7.65. The van der Waals surface area contributed by atoms with Gasteiger partial charge in [0.05, 0.1) is 6.42 Å². The zero-order valence-electron chi connectivity index (χ0n) is 13.2. The molecule has 5 nitrogen and oxygen atoms in total. The average molecular weight is 286 g/mol. The van der Waals surface area contributed by atoms with Crippen molar-refractivity contribution in [2.45, 2.75) is 78.3 Å². The van der Waals surface area contributed by atoms with Crippen LogP contribution in [0.3, 0.4) is 0 Å². The first-order chi connectivity index (χ1) is 9.36. The Kier molecular flexibility index (Phi) is 9.86. The van der Waals surface area contributed by atoms with Crippen molar-refractivity contribution in [2.75, 3.05) is 0 Å². The number of hydrogen-bond donors (Lipinski definition) is 3. The van der Waals surface area contributed by atoms with Crippen molar-refractivity contribution in [1.82, 2.24) is 10.6 Å². The first kappa shape index (κ1) is 18.7. The van der Waals surface area contributed by atoms with E-state index in [0.717, 1.165) is 12.8 Å². The highest BCUT2D eigenvalue weighted by atomic mass is 16.4. The predicted molar refractivity (Wildman–Crippen MR) is 80.8 cm³/mol. The molecule has 20 heavy (non-hydrogen) atoms. The predicted octanol–water partition coefficient (Wildman–Crippen LogP) is 3.14. The maximum Gasteiger partial charge on any atom is 0.315 e. The van der Waals surface area contributed by atoms with Crippen molar-refractivity contribution in [2.24, 2.45) is 5.92 Å². The van der Waals surface area contributed by atoms with Crippen LogP contribution in [0.5, 0.6) is 0 Å². The van der Waals surface area contributed by atoms with E-state index >= 15 is 0 Å². The smallest absolute Gasteiger partial charge is 0.315 e. The second-order valence-electron chi connectivity index (χ2n) is 5.82. The number of carboxylic acids is 1. The van der Waals surface area contributed by atoms with Gasteiger partial charge in [-0.25, -0.2) is 4.79 Å². The number of hydrogen-bond acceptors (Lipinski definition) is 2. The summed E-state index contributed by atoms with van der Waals surface area (Å²) in [5.74, 6) is -0.798. The number of carboxylic acid groups (broad SMARTS) is 1. The summed E-state index contributed by atoms with van der Waals surface area (Å²) in [6.07, 6.45) is 5.64. The van der Waals surface area contributed by atoms with Crippen LogP contribution in [0.15, 0.2) is 0 Å². The SMILES string of the molecule is CCCCCCC(C)NC(=O)NC(CC(=O)O)C(C)C. The van der Waals surface area contributed by atoms with E-state index in [0.29, 0.717) is 0 Å². The van der Waals surface area contributed by atoms with Crippen molar-refractivity contribution in [3.8, 4) is 0 Å². The molecule has 2 unspecified atom stereocenters. The van der Waals surface area contributed by atoms with E-state index in [-0.39, 0.29) is 30.5 Å². The summed E-state index contributed by atoms with van der Waals surface area (Å²) in [6.45, 7) is 7.96. The number of amides is 2. The van der Waals surface area contributed by atoms with E-state index in [1.807, 2.05) is 20.8 Å². The van der Waals surface area contributed by atoms with Crippen molar-refractivity contribution in [1.29, 1.82) is 0 Å². The Labute approximate surface area is 122 Å². The third-order valence-corrected chi connectivity index (χ3v) is 3.38. The van der Waals surface area contributed by atoms with E-state index in [2.05, 4.69) is 17.6 Å². The van der Waals surface area contributed by atoms with Crippen LogP contribution in [-0.2, 0) is 4.79 Å². The number of rotatable bonds is 10. The molecule has 0 aliphatic rings. The van der Waals surface area contributed by atoms with Gasteiger partial charge < -0.3 is 15.7 Å². The lowest BCUT2D eigenvalue weighted by atomic mass is 10.0. The molecule has 0 aromatic rings. The Balaban J connectivity index is 4.02.